The summed E-state index contributed by atoms with van der Waals surface area (Å²) in [5.74, 6) is 0.307. The molecule has 5 nitrogen and oxygen atoms in total. The van der Waals surface area contributed by atoms with E-state index >= 15 is 0 Å². The van der Waals surface area contributed by atoms with E-state index in [9.17, 15) is 4.79 Å². The van der Waals surface area contributed by atoms with Crippen LogP contribution < -0.4 is 0 Å². The molecule has 23 heavy (non-hydrogen) atoms. The van der Waals surface area contributed by atoms with Crippen molar-refractivity contribution in [1.29, 1.82) is 0 Å². The fraction of sp³-hybridized carbons (Fsp3) is 0.118. The van der Waals surface area contributed by atoms with Crippen molar-refractivity contribution >= 4 is 18.2 Å². The Morgan fingerprint density at radius 3 is 2.52 bits per heavy atom. The number of methoxy groups -OCH3 is 1. The van der Waals surface area contributed by atoms with Gasteiger partial charge in [-0.05, 0) is 29.9 Å². The second-order valence-corrected chi connectivity index (χ2v) is 5.36. The van der Waals surface area contributed by atoms with E-state index in [0.29, 0.717) is 22.7 Å². The van der Waals surface area contributed by atoms with Crippen molar-refractivity contribution in [2.75, 3.05) is 7.11 Å². The van der Waals surface area contributed by atoms with E-state index in [1.165, 1.54) is 7.11 Å². The molecule has 0 atom stereocenters. The Balaban J connectivity index is 1.86. The zero-order valence-electron chi connectivity index (χ0n) is 12.5. The summed E-state index contributed by atoms with van der Waals surface area (Å²) in [6.45, 7) is 0.632. The zero-order chi connectivity index (χ0) is 16.2. The van der Waals surface area contributed by atoms with E-state index in [4.69, 9.17) is 12.2 Å². The molecule has 3 rings (SSSR count). The highest BCUT2D eigenvalue weighted by molar-refractivity contribution is 7.71. The van der Waals surface area contributed by atoms with Gasteiger partial charge in [0.05, 0.1) is 19.2 Å². The number of hydrogen-bond donors (Lipinski definition) is 1. The summed E-state index contributed by atoms with van der Waals surface area (Å²) in [6.07, 6.45) is 0. The first-order valence-electron chi connectivity index (χ1n) is 7.07. The summed E-state index contributed by atoms with van der Waals surface area (Å²) in [7, 11) is 1.36. The molecule has 1 N–H and O–H groups in total. The van der Waals surface area contributed by atoms with Gasteiger partial charge in [-0.1, -0.05) is 42.5 Å². The molecule has 0 bridgehead atoms. The first-order chi connectivity index (χ1) is 11.2. The smallest absolute Gasteiger partial charge is 0.337 e. The summed E-state index contributed by atoms with van der Waals surface area (Å²) >= 11 is 5.30. The van der Waals surface area contributed by atoms with Gasteiger partial charge in [0, 0.05) is 5.56 Å². The Kier molecular flexibility index (Phi) is 4.34. The molecule has 3 aromatic rings. The minimum Gasteiger partial charge on any atom is -0.465 e. The van der Waals surface area contributed by atoms with Crippen LogP contribution in [0.4, 0.5) is 0 Å². The normalized spacial score (nSPS) is 10.5. The van der Waals surface area contributed by atoms with Crippen molar-refractivity contribution in [2.45, 2.75) is 6.54 Å². The van der Waals surface area contributed by atoms with E-state index in [0.717, 1.165) is 11.1 Å². The maximum atomic E-state index is 11.5. The molecule has 6 heteroatoms. The van der Waals surface area contributed by atoms with Crippen LogP contribution in [-0.2, 0) is 11.3 Å². The third kappa shape index (κ3) is 3.37. The van der Waals surface area contributed by atoms with Crippen LogP contribution in [0.5, 0.6) is 0 Å². The number of hydrogen-bond acceptors (Lipinski definition) is 4. The Bertz CT molecular complexity index is 867. The van der Waals surface area contributed by atoms with Crippen LogP contribution in [0.15, 0.2) is 54.6 Å². The number of carbonyl (C=O) groups excluding carboxylic acids is 1. The van der Waals surface area contributed by atoms with Crippen LogP contribution >= 0.6 is 12.2 Å². The topological polar surface area (TPSA) is 59.9 Å². The monoisotopic (exact) mass is 325 g/mol. The second kappa shape index (κ2) is 6.58. The molecule has 0 saturated carbocycles. The van der Waals surface area contributed by atoms with Gasteiger partial charge in [-0.15, -0.1) is 0 Å². The lowest BCUT2D eigenvalue weighted by molar-refractivity contribution is 0.0601. The Morgan fingerprint density at radius 2 is 1.87 bits per heavy atom. The Morgan fingerprint density at radius 1 is 1.17 bits per heavy atom. The van der Waals surface area contributed by atoms with Crippen LogP contribution in [0.2, 0.25) is 0 Å². The van der Waals surface area contributed by atoms with Crippen molar-refractivity contribution in [2.24, 2.45) is 0 Å². The number of benzene rings is 2. The predicted octanol–water partition coefficient (Wildman–Crippen LogP) is 3.44. The highest BCUT2D eigenvalue weighted by atomic mass is 32.1. The summed E-state index contributed by atoms with van der Waals surface area (Å²) in [4.78, 5) is 15.8. The van der Waals surface area contributed by atoms with E-state index in [2.05, 4.69) is 14.8 Å². The zero-order valence-corrected chi connectivity index (χ0v) is 13.3. The molecule has 0 spiro atoms. The van der Waals surface area contributed by atoms with Crippen molar-refractivity contribution in [3.05, 3.63) is 70.5 Å². The maximum Gasteiger partial charge on any atom is 0.337 e. The number of esters is 1. The number of nitrogens with one attached hydrogen (secondary N) is 1. The number of H-pyrrole nitrogens is 1. The standard InChI is InChI=1S/C17H15N3O2S/c1-22-16(21)14-9-7-13(8-10-14)15-18-17(23)20(19-15)11-12-5-3-2-4-6-12/h2-10H,11H2,1H3,(H,18,19,23). The first kappa shape index (κ1) is 15.2. The van der Waals surface area contributed by atoms with Gasteiger partial charge in [-0.3, -0.25) is 9.78 Å². The van der Waals surface area contributed by atoms with E-state index < -0.39 is 0 Å². The van der Waals surface area contributed by atoms with Gasteiger partial charge in [0.25, 0.3) is 0 Å². The lowest BCUT2D eigenvalue weighted by atomic mass is 10.1. The minimum atomic E-state index is -0.362. The van der Waals surface area contributed by atoms with Gasteiger partial charge in [0.15, 0.2) is 5.82 Å². The van der Waals surface area contributed by atoms with Gasteiger partial charge in [0.2, 0.25) is 4.77 Å². The molecule has 0 unspecified atom stereocenters. The Hall–Kier alpha value is -2.73. The van der Waals surface area contributed by atoms with Gasteiger partial charge in [-0.25, -0.2) is 4.79 Å². The molecule has 1 aromatic heterocycles. The van der Waals surface area contributed by atoms with Crippen molar-refractivity contribution < 1.29 is 9.53 Å². The first-order valence-corrected chi connectivity index (χ1v) is 7.48. The Labute approximate surface area is 138 Å². The van der Waals surface area contributed by atoms with Crippen LogP contribution in [-0.4, -0.2) is 27.8 Å². The SMILES string of the molecule is COC(=O)c1ccc(-c2nc(=S)n(Cc3ccccc3)[nH]2)cc1. The summed E-state index contributed by atoms with van der Waals surface area (Å²) < 4.78 is 6.99. The molecule has 0 fully saturated rings. The predicted molar refractivity (Wildman–Crippen MR) is 89.7 cm³/mol. The lowest BCUT2D eigenvalue weighted by Crippen LogP contribution is -2.02. The molecule has 2 aromatic carbocycles. The van der Waals surface area contributed by atoms with E-state index in [-0.39, 0.29) is 5.97 Å². The molecule has 0 aliphatic rings. The second-order valence-electron chi connectivity index (χ2n) is 5.00. The highest BCUT2D eigenvalue weighted by Gasteiger charge is 2.08. The van der Waals surface area contributed by atoms with Gasteiger partial charge in [-0.2, -0.15) is 4.98 Å². The van der Waals surface area contributed by atoms with Crippen LogP contribution in [0.1, 0.15) is 15.9 Å². The molecular formula is C17H15N3O2S. The van der Waals surface area contributed by atoms with E-state index in [1.807, 2.05) is 47.1 Å². The van der Waals surface area contributed by atoms with Crippen molar-refractivity contribution in [3.63, 3.8) is 0 Å². The number of aromatic nitrogens is 3. The molecule has 1 heterocycles. The largest absolute Gasteiger partial charge is 0.465 e. The van der Waals surface area contributed by atoms with Gasteiger partial charge >= 0.3 is 5.97 Å². The molecule has 0 saturated heterocycles. The van der Waals surface area contributed by atoms with Crippen LogP contribution in [0.3, 0.4) is 0 Å². The van der Waals surface area contributed by atoms with Gasteiger partial charge in [0.1, 0.15) is 0 Å². The molecule has 0 aliphatic heterocycles. The maximum absolute atomic E-state index is 11.5. The van der Waals surface area contributed by atoms with Crippen LogP contribution in [0, 0.1) is 4.77 Å². The van der Waals surface area contributed by atoms with E-state index in [1.54, 1.807) is 12.1 Å². The summed E-state index contributed by atoms with van der Waals surface area (Å²) in [5.41, 5.74) is 2.49. The van der Waals surface area contributed by atoms with Crippen LogP contribution in [0.25, 0.3) is 11.4 Å². The van der Waals surface area contributed by atoms with Gasteiger partial charge < -0.3 is 4.74 Å². The molecule has 0 aliphatic carbocycles. The third-order valence-corrected chi connectivity index (χ3v) is 3.75. The van der Waals surface area contributed by atoms with Crippen molar-refractivity contribution in [1.82, 2.24) is 14.8 Å². The molecular weight excluding hydrogens is 310 g/mol. The number of aromatic amines is 1. The number of nitrogens with zero attached hydrogens (tertiary/aromatic N) is 2. The quantitative estimate of drug-likeness (QED) is 0.589. The number of rotatable bonds is 4. The molecule has 116 valence electrons. The van der Waals surface area contributed by atoms with Crippen molar-refractivity contribution in [3.8, 4) is 11.4 Å². The summed E-state index contributed by atoms with van der Waals surface area (Å²) in [6, 6.07) is 17.1. The lowest BCUT2D eigenvalue weighted by Gasteiger charge is -2.03. The minimum absolute atomic E-state index is 0.362. The molecule has 0 amide bonds. The highest BCUT2D eigenvalue weighted by Crippen LogP contribution is 2.16. The average Bonchev–Trinajstić information content (AvgIpc) is 2.96. The number of ether oxygens (including phenoxy) is 1. The fourth-order valence-corrected chi connectivity index (χ4v) is 2.44. The molecule has 0 radical (unpaired) electrons. The summed E-state index contributed by atoms with van der Waals surface area (Å²) in [5, 5.41) is 3.19. The average molecular weight is 325 g/mol. The third-order valence-electron chi connectivity index (χ3n) is 3.44. The number of carbonyl (C=O) groups is 1. The fourth-order valence-electron chi connectivity index (χ4n) is 2.24.